The summed E-state index contributed by atoms with van der Waals surface area (Å²) in [7, 11) is 0. The van der Waals surface area contributed by atoms with E-state index in [4.69, 9.17) is 10.5 Å². The molecule has 0 spiro atoms. The number of benzene rings is 1. The number of nitrogens with two attached hydrogens (primary N) is 1. The van der Waals surface area contributed by atoms with Gasteiger partial charge in [0.1, 0.15) is 0 Å². The Kier molecular flexibility index (Phi) is 4.18. The summed E-state index contributed by atoms with van der Waals surface area (Å²) in [6.45, 7) is 5.36. The molecule has 1 unspecified atom stereocenters. The van der Waals surface area contributed by atoms with E-state index in [0.717, 1.165) is 25.1 Å². The van der Waals surface area contributed by atoms with Gasteiger partial charge < -0.3 is 20.5 Å². The Bertz CT molecular complexity index is 500. The van der Waals surface area contributed by atoms with Crippen molar-refractivity contribution in [2.24, 2.45) is 0 Å². The summed E-state index contributed by atoms with van der Waals surface area (Å²) >= 11 is 0. The van der Waals surface area contributed by atoms with Crippen LogP contribution in [0.3, 0.4) is 0 Å². The van der Waals surface area contributed by atoms with Crippen LogP contribution in [0.5, 0.6) is 0 Å². The SMILES string of the molecule is CCOC(=O)c1ccc(N2CCCC(C)(O)C2)c(N)c1. The topological polar surface area (TPSA) is 75.8 Å². The standard InChI is InChI=1S/C15H22N2O3/c1-3-20-14(18)11-5-6-13(12(16)9-11)17-8-4-7-15(2,19)10-17/h5-6,9,19H,3-4,7-8,10,16H2,1-2H3. The number of rotatable bonds is 3. The van der Waals surface area contributed by atoms with E-state index in [1.54, 1.807) is 19.1 Å². The summed E-state index contributed by atoms with van der Waals surface area (Å²) in [6, 6.07) is 5.17. The second-order valence-corrected chi connectivity index (χ2v) is 5.52. The lowest BCUT2D eigenvalue weighted by Gasteiger charge is -2.38. The van der Waals surface area contributed by atoms with Crippen LogP contribution in [0.25, 0.3) is 0 Å². The molecule has 1 aliphatic rings. The van der Waals surface area contributed by atoms with Gasteiger partial charge in [0.15, 0.2) is 0 Å². The van der Waals surface area contributed by atoms with E-state index in [1.807, 2.05) is 13.0 Å². The van der Waals surface area contributed by atoms with Gasteiger partial charge in [-0.1, -0.05) is 0 Å². The molecular weight excluding hydrogens is 256 g/mol. The maximum atomic E-state index is 11.7. The number of anilines is 2. The first-order valence-corrected chi connectivity index (χ1v) is 6.97. The molecule has 0 amide bonds. The molecule has 0 radical (unpaired) electrons. The molecule has 20 heavy (non-hydrogen) atoms. The van der Waals surface area contributed by atoms with Crippen LogP contribution in [-0.4, -0.2) is 36.4 Å². The molecule has 1 fully saturated rings. The summed E-state index contributed by atoms with van der Waals surface area (Å²) in [5.74, 6) is -0.364. The molecule has 1 aromatic rings. The second-order valence-electron chi connectivity index (χ2n) is 5.52. The first-order valence-electron chi connectivity index (χ1n) is 6.97. The number of carbonyl (C=O) groups excluding carboxylic acids is 1. The van der Waals surface area contributed by atoms with E-state index in [9.17, 15) is 9.90 Å². The van der Waals surface area contributed by atoms with Crippen molar-refractivity contribution in [1.82, 2.24) is 0 Å². The van der Waals surface area contributed by atoms with Crippen molar-refractivity contribution in [2.75, 3.05) is 30.3 Å². The monoisotopic (exact) mass is 278 g/mol. The molecule has 0 aliphatic carbocycles. The van der Waals surface area contributed by atoms with Gasteiger partial charge in [0, 0.05) is 13.1 Å². The smallest absolute Gasteiger partial charge is 0.338 e. The maximum Gasteiger partial charge on any atom is 0.338 e. The lowest BCUT2D eigenvalue weighted by molar-refractivity contribution is 0.0448. The summed E-state index contributed by atoms with van der Waals surface area (Å²) < 4.78 is 4.95. The molecule has 0 saturated carbocycles. The van der Waals surface area contributed by atoms with Crippen LogP contribution in [0.2, 0.25) is 0 Å². The Morgan fingerprint density at radius 3 is 2.90 bits per heavy atom. The molecule has 110 valence electrons. The minimum Gasteiger partial charge on any atom is -0.462 e. The van der Waals surface area contributed by atoms with Gasteiger partial charge in [-0.25, -0.2) is 4.79 Å². The Hall–Kier alpha value is -1.75. The minimum atomic E-state index is -0.690. The van der Waals surface area contributed by atoms with Gasteiger partial charge in [0.2, 0.25) is 0 Å². The Labute approximate surface area is 119 Å². The quantitative estimate of drug-likeness (QED) is 0.651. The average molecular weight is 278 g/mol. The van der Waals surface area contributed by atoms with Gasteiger partial charge in [0.25, 0.3) is 0 Å². The van der Waals surface area contributed by atoms with Crippen LogP contribution in [0.4, 0.5) is 11.4 Å². The molecule has 5 nitrogen and oxygen atoms in total. The van der Waals surface area contributed by atoms with Crippen molar-refractivity contribution in [2.45, 2.75) is 32.3 Å². The fourth-order valence-electron chi connectivity index (χ4n) is 2.61. The number of nitrogens with zero attached hydrogens (tertiary/aromatic N) is 1. The van der Waals surface area contributed by atoms with Crippen LogP contribution in [0.1, 0.15) is 37.0 Å². The molecule has 0 bridgehead atoms. The highest BCUT2D eigenvalue weighted by Gasteiger charge is 2.29. The number of hydrogen-bond donors (Lipinski definition) is 2. The predicted molar refractivity (Wildman–Crippen MR) is 78.9 cm³/mol. The third-order valence-electron chi connectivity index (χ3n) is 3.55. The number of carbonyl (C=O) groups is 1. The highest BCUT2D eigenvalue weighted by molar-refractivity contribution is 5.92. The Morgan fingerprint density at radius 2 is 2.30 bits per heavy atom. The first kappa shape index (κ1) is 14.7. The zero-order chi connectivity index (χ0) is 14.8. The minimum absolute atomic E-state index is 0.343. The number of piperidine rings is 1. The van der Waals surface area contributed by atoms with Crippen molar-refractivity contribution >= 4 is 17.3 Å². The van der Waals surface area contributed by atoms with Gasteiger partial charge in [-0.3, -0.25) is 0 Å². The summed E-state index contributed by atoms with van der Waals surface area (Å²) in [4.78, 5) is 13.7. The van der Waals surface area contributed by atoms with Crippen molar-refractivity contribution < 1.29 is 14.6 Å². The fourth-order valence-corrected chi connectivity index (χ4v) is 2.61. The molecule has 1 heterocycles. The van der Waals surface area contributed by atoms with Gasteiger partial charge in [-0.15, -0.1) is 0 Å². The number of nitrogen functional groups attached to an aromatic ring is 1. The van der Waals surface area contributed by atoms with Crippen LogP contribution < -0.4 is 10.6 Å². The maximum absolute atomic E-state index is 11.7. The van der Waals surface area contributed by atoms with Gasteiger partial charge in [0.05, 0.1) is 29.1 Å². The van der Waals surface area contributed by atoms with Crippen LogP contribution in [0, 0.1) is 0 Å². The molecule has 2 rings (SSSR count). The van der Waals surface area contributed by atoms with E-state index in [-0.39, 0.29) is 5.97 Å². The zero-order valence-corrected chi connectivity index (χ0v) is 12.1. The van der Waals surface area contributed by atoms with Gasteiger partial charge in [-0.05, 0) is 44.9 Å². The number of esters is 1. The Balaban J connectivity index is 2.19. The number of aliphatic hydroxyl groups is 1. The van der Waals surface area contributed by atoms with Gasteiger partial charge in [-0.2, -0.15) is 0 Å². The lowest BCUT2D eigenvalue weighted by Crippen LogP contribution is -2.46. The molecule has 1 saturated heterocycles. The second kappa shape index (κ2) is 5.71. The zero-order valence-electron chi connectivity index (χ0n) is 12.1. The van der Waals surface area contributed by atoms with Crippen molar-refractivity contribution in [3.63, 3.8) is 0 Å². The molecular formula is C15H22N2O3. The molecule has 1 atom stereocenters. The molecule has 0 aromatic heterocycles. The number of ether oxygens (including phenoxy) is 1. The van der Waals surface area contributed by atoms with E-state index >= 15 is 0 Å². The summed E-state index contributed by atoms with van der Waals surface area (Å²) in [6.07, 6.45) is 1.72. The lowest BCUT2D eigenvalue weighted by atomic mass is 9.94. The number of β-amino-alcohol motifs (C(OH)–C–C–N with tert-alkyl or cyclic N) is 1. The fraction of sp³-hybridized carbons (Fsp3) is 0.533. The average Bonchev–Trinajstić information content (AvgIpc) is 2.37. The highest BCUT2D eigenvalue weighted by atomic mass is 16.5. The van der Waals surface area contributed by atoms with Crippen molar-refractivity contribution in [3.8, 4) is 0 Å². The van der Waals surface area contributed by atoms with Gasteiger partial charge >= 0.3 is 5.97 Å². The van der Waals surface area contributed by atoms with Crippen LogP contribution >= 0.6 is 0 Å². The van der Waals surface area contributed by atoms with Crippen molar-refractivity contribution in [1.29, 1.82) is 0 Å². The first-order chi connectivity index (χ1) is 9.43. The Morgan fingerprint density at radius 1 is 1.55 bits per heavy atom. The molecule has 1 aromatic carbocycles. The van der Waals surface area contributed by atoms with E-state index in [1.165, 1.54) is 0 Å². The third-order valence-corrected chi connectivity index (χ3v) is 3.55. The van der Waals surface area contributed by atoms with E-state index in [0.29, 0.717) is 24.4 Å². The van der Waals surface area contributed by atoms with E-state index < -0.39 is 5.60 Å². The molecule has 5 heteroatoms. The van der Waals surface area contributed by atoms with Crippen LogP contribution in [0.15, 0.2) is 18.2 Å². The van der Waals surface area contributed by atoms with E-state index in [2.05, 4.69) is 4.90 Å². The number of hydrogen-bond acceptors (Lipinski definition) is 5. The molecule has 1 aliphatic heterocycles. The summed E-state index contributed by atoms with van der Waals surface area (Å²) in [5, 5.41) is 10.2. The van der Waals surface area contributed by atoms with Crippen molar-refractivity contribution in [3.05, 3.63) is 23.8 Å². The summed E-state index contributed by atoms with van der Waals surface area (Å²) in [5.41, 5.74) is 7.20. The largest absolute Gasteiger partial charge is 0.462 e. The third kappa shape index (κ3) is 3.22. The normalized spacial score (nSPS) is 22.6. The predicted octanol–water partition coefficient (Wildman–Crippen LogP) is 1.80. The van der Waals surface area contributed by atoms with Crippen LogP contribution in [-0.2, 0) is 4.74 Å². The molecule has 3 N–H and O–H groups in total. The highest BCUT2D eigenvalue weighted by Crippen LogP contribution is 2.30.